The van der Waals surface area contributed by atoms with Crippen LogP contribution in [0.3, 0.4) is 0 Å². The first-order valence-corrected chi connectivity index (χ1v) is 6.25. The smallest absolute Gasteiger partial charge is 0.0722 e. The summed E-state index contributed by atoms with van der Waals surface area (Å²) in [6.45, 7) is 13.0. The molecule has 0 spiro atoms. The third-order valence-corrected chi connectivity index (χ3v) is 2.82. The molecule has 0 aliphatic heterocycles. The first kappa shape index (κ1) is 13.0. The maximum Gasteiger partial charge on any atom is 0.0722 e. The third-order valence-electron chi connectivity index (χ3n) is 2.82. The van der Waals surface area contributed by atoms with Gasteiger partial charge >= 0.3 is 0 Å². The van der Waals surface area contributed by atoms with Crippen molar-refractivity contribution in [2.75, 3.05) is 13.2 Å². The van der Waals surface area contributed by atoms with Gasteiger partial charge in [0.15, 0.2) is 0 Å². The Kier molecular flexibility index (Phi) is 4.60. The van der Waals surface area contributed by atoms with Gasteiger partial charge in [0.05, 0.1) is 6.10 Å². The van der Waals surface area contributed by atoms with Crippen molar-refractivity contribution < 1.29 is 4.74 Å². The molecule has 0 aromatic rings. The number of hydrogen-bond donors (Lipinski definition) is 1. The molecule has 1 fully saturated rings. The van der Waals surface area contributed by atoms with Gasteiger partial charge in [-0.1, -0.05) is 13.8 Å². The molecule has 1 aliphatic rings. The number of rotatable bonds is 6. The average Bonchev–Trinajstić information content (AvgIpc) is 2.84. The van der Waals surface area contributed by atoms with Gasteiger partial charge in [0.1, 0.15) is 0 Å². The molecule has 1 atom stereocenters. The van der Waals surface area contributed by atoms with Crippen LogP contribution in [-0.2, 0) is 4.74 Å². The minimum absolute atomic E-state index is 0.191. The maximum atomic E-state index is 5.96. The lowest BCUT2D eigenvalue weighted by Gasteiger charge is -2.27. The summed E-state index contributed by atoms with van der Waals surface area (Å²) in [4.78, 5) is 0. The lowest BCUT2D eigenvalue weighted by molar-refractivity contribution is 0.0133. The van der Waals surface area contributed by atoms with Gasteiger partial charge in [0.25, 0.3) is 0 Å². The summed E-state index contributed by atoms with van der Waals surface area (Å²) in [6, 6.07) is 0. The Balaban J connectivity index is 2.22. The van der Waals surface area contributed by atoms with E-state index in [2.05, 4.69) is 39.9 Å². The zero-order valence-electron chi connectivity index (χ0n) is 11.0. The van der Waals surface area contributed by atoms with Crippen LogP contribution in [0.25, 0.3) is 0 Å². The van der Waals surface area contributed by atoms with E-state index in [1.54, 1.807) is 0 Å². The molecule has 1 unspecified atom stereocenters. The second-order valence-electron chi connectivity index (χ2n) is 6.19. The van der Waals surface area contributed by atoms with E-state index < -0.39 is 0 Å². The standard InChI is InChI=1S/C13H27NO/c1-10(2)12(8-14-13(3,4)5)15-9-11-6-7-11/h10-12,14H,6-9H2,1-5H3. The minimum atomic E-state index is 0.191. The molecule has 0 aromatic heterocycles. The quantitative estimate of drug-likeness (QED) is 0.732. The molecule has 0 saturated heterocycles. The molecular formula is C13H27NO. The molecule has 0 bridgehead atoms. The van der Waals surface area contributed by atoms with Crippen molar-refractivity contribution in [3.63, 3.8) is 0 Å². The van der Waals surface area contributed by atoms with E-state index in [1.807, 2.05) is 0 Å². The van der Waals surface area contributed by atoms with Crippen molar-refractivity contribution >= 4 is 0 Å². The lowest BCUT2D eigenvalue weighted by atomic mass is 10.0. The second kappa shape index (κ2) is 5.31. The van der Waals surface area contributed by atoms with Gasteiger partial charge < -0.3 is 10.1 Å². The molecule has 0 aromatic carbocycles. The fraction of sp³-hybridized carbons (Fsp3) is 1.00. The summed E-state index contributed by atoms with van der Waals surface area (Å²) in [5.41, 5.74) is 0.191. The molecule has 1 rings (SSSR count). The van der Waals surface area contributed by atoms with E-state index in [0.29, 0.717) is 12.0 Å². The summed E-state index contributed by atoms with van der Waals surface area (Å²) >= 11 is 0. The molecule has 0 heterocycles. The summed E-state index contributed by atoms with van der Waals surface area (Å²) in [5.74, 6) is 1.46. The Bertz CT molecular complexity index is 179. The Morgan fingerprint density at radius 1 is 1.27 bits per heavy atom. The molecule has 1 saturated carbocycles. The van der Waals surface area contributed by atoms with Gasteiger partial charge in [-0.15, -0.1) is 0 Å². The lowest BCUT2D eigenvalue weighted by Crippen LogP contribution is -2.43. The van der Waals surface area contributed by atoms with E-state index >= 15 is 0 Å². The summed E-state index contributed by atoms with van der Waals surface area (Å²) in [7, 11) is 0. The van der Waals surface area contributed by atoms with E-state index in [-0.39, 0.29) is 5.54 Å². The molecular weight excluding hydrogens is 186 g/mol. The van der Waals surface area contributed by atoms with Gasteiger partial charge in [-0.3, -0.25) is 0 Å². The topological polar surface area (TPSA) is 21.3 Å². The predicted molar refractivity (Wildman–Crippen MR) is 65.1 cm³/mol. The molecule has 0 amide bonds. The SMILES string of the molecule is CC(C)C(CNC(C)(C)C)OCC1CC1. The normalized spacial score (nSPS) is 19.6. The van der Waals surface area contributed by atoms with Gasteiger partial charge in [-0.05, 0) is 45.4 Å². The molecule has 2 nitrogen and oxygen atoms in total. The molecule has 1 aliphatic carbocycles. The Labute approximate surface area is 94.8 Å². The van der Waals surface area contributed by atoms with Crippen LogP contribution >= 0.6 is 0 Å². The van der Waals surface area contributed by atoms with Gasteiger partial charge in [-0.2, -0.15) is 0 Å². The average molecular weight is 213 g/mol. The van der Waals surface area contributed by atoms with Crippen LogP contribution in [0, 0.1) is 11.8 Å². The highest BCUT2D eigenvalue weighted by Gasteiger charge is 2.24. The molecule has 90 valence electrons. The highest BCUT2D eigenvalue weighted by Crippen LogP contribution is 2.29. The number of nitrogens with one attached hydrogen (secondary N) is 1. The van der Waals surface area contributed by atoms with Crippen molar-refractivity contribution in [1.82, 2.24) is 5.32 Å². The Hall–Kier alpha value is -0.0800. The number of ether oxygens (including phenoxy) is 1. The second-order valence-corrected chi connectivity index (χ2v) is 6.19. The Morgan fingerprint density at radius 3 is 2.27 bits per heavy atom. The van der Waals surface area contributed by atoms with Crippen molar-refractivity contribution in [3.05, 3.63) is 0 Å². The van der Waals surface area contributed by atoms with E-state index in [4.69, 9.17) is 4.74 Å². The van der Waals surface area contributed by atoms with Crippen LogP contribution in [0.5, 0.6) is 0 Å². The molecule has 2 heteroatoms. The molecule has 0 radical (unpaired) electrons. The molecule has 1 N–H and O–H groups in total. The molecule has 15 heavy (non-hydrogen) atoms. The first-order chi connectivity index (χ1) is 6.88. The van der Waals surface area contributed by atoms with Crippen molar-refractivity contribution in [3.8, 4) is 0 Å². The van der Waals surface area contributed by atoms with Crippen LogP contribution in [0.15, 0.2) is 0 Å². The summed E-state index contributed by atoms with van der Waals surface area (Å²) < 4.78 is 5.96. The summed E-state index contributed by atoms with van der Waals surface area (Å²) in [5, 5.41) is 3.52. The largest absolute Gasteiger partial charge is 0.376 e. The summed E-state index contributed by atoms with van der Waals surface area (Å²) in [6.07, 6.45) is 3.11. The van der Waals surface area contributed by atoms with Gasteiger partial charge in [0.2, 0.25) is 0 Å². The van der Waals surface area contributed by atoms with Crippen molar-refractivity contribution in [2.24, 2.45) is 11.8 Å². The number of hydrogen-bond acceptors (Lipinski definition) is 2. The van der Waals surface area contributed by atoms with Crippen molar-refractivity contribution in [1.29, 1.82) is 0 Å². The van der Waals surface area contributed by atoms with Gasteiger partial charge in [-0.25, -0.2) is 0 Å². The maximum absolute atomic E-state index is 5.96. The van der Waals surface area contributed by atoms with Crippen LogP contribution in [0.1, 0.15) is 47.5 Å². The van der Waals surface area contributed by atoms with Crippen LogP contribution in [-0.4, -0.2) is 24.8 Å². The van der Waals surface area contributed by atoms with Crippen LogP contribution in [0.4, 0.5) is 0 Å². The monoisotopic (exact) mass is 213 g/mol. The fourth-order valence-electron chi connectivity index (χ4n) is 1.44. The van der Waals surface area contributed by atoms with Crippen LogP contribution in [0.2, 0.25) is 0 Å². The van der Waals surface area contributed by atoms with E-state index in [1.165, 1.54) is 12.8 Å². The first-order valence-electron chi connectivity index (χ1n) is 6.25. The highest BCUT2D eigenvalue weighted by molar-refractivity contribution is 4.77. The fourth-order valence-corrected chi connectivity index (χ4v) is 1.44. The van der Waals surface area contributed by atoms with Gasteiger partial charge in [0, 0.05) is 18.7 Å². The highest BCUT2D eigenvalue weighted by atomic mass is 16.5. The zero-order chi connectivity index (χ0) is 11.5. The van der Waals surface area contributed by atoms with E-state index in [9.17, 15) is 0 Å². The predicted octanol–water partition coefficient (Wildman–Crippen LogP) is 2.83. The van der Waals surface area contributed by atoms with Crippen molar-refractivity contribution in [2.45, 2.75) is 59.1 Å². The minimum Gasteiger partial charge on any atom is -0.376 e. The Morgan fingerprint density at radius 2 is 1.87 bits per heavy atom. The zero-order valence-corrected chi connectivity index (χ0v) is 11.0. The third kappa shape index (κ3) is 6.16. The van der Waals surface area contributed by atoms with E-state index in [0.717, 1.165) is 19.1 Å². The van der Waals surface area contributed by atoms with Crippen LogP contribution < -0.4 is 5.32 Å².